The molecule has 18 heavy (non-hydrogen) atoms. The molecule has 1 aromatic rings. The Kier molecular flexibility index (Phi) is 7.62. The standard InChI is InChI=1S/C12H18BrClN2O2/c1-15-16-8-9-6-12(11(14)7-10(9)13)18-5-3-4-17-2/h6-7,15-16H,3-5,8H2,1-2H3. The van der Waals surface area contributed by atoms with Crippen LogP contribution in [-0.2, 0) is 11.3 Å². The highest BCUT2D eigenvalue weighted by atomic mass is 79.9. The Morgan fingerprint density at radius 1 is 1.33 bits per heavy atom. The van der Waals surface area contributed by atoms with Gasteiger partial charge in [0.1, 0.15) is 5.75 Å². The first-order valence-electron chi connectivity index (χ1n) is 5.68. The maximum absolute atomic E-state index is 6.13. The molecule has 0 atom stereocenters. The Bertz CT molecular complexity index is 377. The van der Waals surface area contributed by atoms with E-state index in [2.05, 4.69) is 26.8 Å². The highest BCUT2D eigenvalue weighted by Crippen LogP contribution is 2.31. The van der Waals surface area contributed by atoms with Crippen LogP contribution in [0.4, 0.5) is 0 Å². The van der Waals surface area contributed by atoms with E-state index in [-0.39, 0.29) is 0 Å². The SMILES string of the molecule is CNNCc1cc(OCCCOC)c(Cl)cc1Br. The number of ether oxygens (including phenoxy) is 2. The van der Waals surface area contributed by atoms with Gasteiger partial charge in [0.05, 0.1) is 11.6 Å². The van der Waals surface area contributed by atoms with E-state index in [1.165, 1.54) is 0 Å². The van der Waals surface area contributed by atoms with Gasteiger partial charge in [-0.1, -0.05) is 27.5 Å². The monoisotopic (exact) mass is 336 g/mol. The lowest BCUT2D eigenvalue weighted by atomic mass is 10.2. The van der Waals surface area contributed by atoms with E-state index in [9.17, 15) is 0 Å². The molecule has 2 N–H and O–H groups in total. The van der Waals surface area contributed by atoms with Crippen molar-refractivity contribution in [1.29, 1.82) is 0 Å². The van der Waals surface area contributed by atoms with Crippen molar-refractivity contribution in [1.82, 2.24) is 10.9 Å². The molecule has 0 fully saturated rings. The molecule has 0 radical (unpaired) electrons. The van der Waals surface area contributed by atoms with Gasteiger partial charge in [-0.05, 0) is 24.7 Å². The number of hydrogen-bond donors (Lipinski definition) is 2. The molecule has 0 amide bonds. The Balaban J connectivity index is 2.65. The summed E-state index contributed by atoms with van der Waals surface area (Å²) in [5.41, 5.74) is 6.99. The first kappa shape index (κ1) is 15.7. The minimum Gasteiger partial charge on any atom is -0.492 e. The quantitative estimate of drug-likeness (QED) is 0.565. The fourth-order valence-corrected chi connectivity index (χ4v) is 2.22. The molecular weight excluding hydrogens is 320 g/mol. The minimum absolute atomic E-state index is 0.591. The van der Waals surface area contributed by atoms with E-state index in [0.29, 0.717) is 30.5 Å². The molecule has 0 saturated carbocycles. The van der Waals surface area contributed by atoms with E-state index in [1.807, 2.05) is 19.2 Å². The third-order valence-electron chi connectivity index (χ3n) is 2.31. The van der Waals surface area contributed by atoms with E-state index in [4.69, 9.17) is 21.1 Å². The van der Waals surface area contributed by atoms with Crippen molar-refractivity contribution in [3.05, 3.63) is 27.2 Å². The van der Waals surface area contributed by atoms with Crippen molar-refractivity contribution in [2.45, 2.75) is 13.0 Å². The molecule has 0 spiro atoms. The molecule has 6 heteroatoms. The molecule has 0 unspecified atom stereocenters. The van der Waals surface area contributed by atoms with Gasteiger partial charge in [-0.2, -0.15) is 0 Å². The third-order valence-corrected chi connectivity index (χ3v) is 3.34. The number of benzene rings is 1. The van der Waals surface area contributed by atoms with E-state index in [1.54, 1.807) is 7.11 Å². The zero-order valence-corrected chi connectivity index (χ0v) is 12.9. The van der Waals surface area contributed by atoms with E-state index in [0.717, 1.165) is 16.5 Å². The highest BCUT2D eigenvalue weighted by molar-refractivity contribution is 9.10. The highest BCUT2D eigenvalue weighted by Gasteiger charge is 2.08. The third kappa shape index (κ3) is 5.12. The van der Waals surface area contributed by atoms with Gasteiger partial charge in [0.15, 0.2) is 0 Å². The summed E-state index contributed by atoms with van der Waals surface area (Å²) in [7, 11) is 3.50. The fourth-order valence-electron chi connectivity index (χ4n) is 1.39. The number of hydrogen-bond acceptors (Lipinski definition) is 4. The maximum Gasteiger partial charge on any atom is 0.138 e. The van der Waals surface area contributed by atoms with Gasteiger partial charge in [0.25, 0.3) is 0 Å². The zero-order chi connectivity index (χ0) is 13.4. The predicted octanol–water partition coefficient (Wildman–Crippen LogP) is 2.74. The van der Waals surface area contributed by atoms with Crippen LogP contribution in [0.1, 0.15) is 12.0 Å². The maximum atomic E-state index is 6.13. The van der Waals surface area contributed by atoms with Crippen molar-refractivity contribution in [2.75, 3.05) is 27.4 Å². The zero-order valence-electron chi connectivity index (χ0n) is 10.6. The lowest BCUT2D eigenvalue weighted by Crippen LogP contribution is -2.26. The molecule has 0 aliphatic heterocycles. The van der Waals surface area contributed by atoms with Gasteiger partial charge < -0.3 is 9.47 Å². The second-order valence-electron chi connectivity index (χ2n) is 3.67. The van der Waals surface area contributed by atoms with Gasteiger partial charge in [-0.15, -0.1) is 0 Å². The van der Waals surface area contributed by atoms with Gasteiger partial charge in [0.2, 0.25) is 0 Å². The van der Waals surface area contributed by atoms with Crippen LogP contribution in [0.5, 0.6) is 5.75 Å². The average molecular weight is 338 g/mol. The van der Waals surface area contributed by atoms with Gasteiger partial charge in [-0.25, -0.2) is 0 Å². The molecule has 0 aliphatic carbocycles. The van der Waals surface area contributed by atoms with Crippen LogP contribution in [-0.4, -0.2) is 27.4 Å². The molecule has 0 heterocycles. The van der Waals surface area contributed by atoms with Crippen LogP contribution in [0.3, 0.4) is 0 Å². The average Bonchev–Trinajstić information content (AvgIpc) is 2.35. The normalized spacial score (nSPS) is 10.7. The molecular formula is C12H18BrClN2O2. The minimum atomic E-state index is 0.591. The van der Waals surface area contributed by atoms with Crippen LogP contribution in [0.25, 0.3) is 0 Å². The molecule has 0 saturated heterocycles. The summed E-state index contributed by atoms with van der Waals surface area (Å²) in [6, 6.07) is 3.78. The van der Waals surface area contributed by atoms with E-state index < -0.39 is 0 Å². The molecule has 1 rings (SSSR count). The molecule has 1 aromatic carbocycles. The van der Waals surface area contributed by atoms with Crippen molar-refractivity contribution in [3.63, 3.8) is 0 Å². The van der Waals surface area contributed by atoms with Gasteiger partial charge in [-0.3, -0.25) is 10.9 Å². The Hall–Kier alpha value is -0.330. The Labute approximate surface area is 121 Å². The van der Waals surface area contributed by atoms with Crippen molar-refractivity contribution >= 4 is 27.5 Å². The number of rotatable bonds is 8. The number of nitrogens with one attached hydrogen (secondary N) is 2. The molecule has 102 valence electrons. The summed E-state index contributed by atoms with van der Waals surface area (Å²) in [5, 5.41) is 0.604. The first-order chi connectivity index (χ1) is 8.69. The predicted molar refractivity (Wildman–Crippen MR) is 77.0 cm³/mol. The second kappa shape index (κ2) is 8.72. The second-order valence-corrected chi connectivity index (χ2v) is 4.93. The van der Waals surface area contributed by atoms with Crippen molar-refractivity contribution < 1.29 is 9.47 Å². The number of halogens is 2. The molecule has 0 aliphatic rings. The van der Waals surface area contributed by atoms with Crippen LogP contribution >= 0.6 is 27.5 Å². The van der Waals surface area contributed by atoms with Crippen LogP contribution in [0, 0.1) is 0 Å². The molecule has 0 aromatic heterocycles. The fraction of sp³-hybridized carbons (Fsp3) is 0.500. The van der Waals surface area contributed by atoms with Crippen molar-refractivity contribution in [3.8, 4) is 5.75 Å². The first-order valence-corrected chi connectivity index (χ1v) is 6.85. The summed E-state index contributed by atoms with van der Waals surface area (Å²) in [4.78, 5) is 0. The smallest absolute Gasteiger partial charge is 0.138 e. The summed E-state index contributed by atoms with van der Waals surface area (Å²) in [5.74, 6) is 0.698. The molecule has 4 nitrogen and oxygen atoms in total. The van der Waals surface area contributed by atoms with Crippen LogP contribution in [0.2, 0.25) is 5.02 Å². The largest absolute Gasteiger partial charge is 0.492 e. The van der Waals surface area contributed by atoms with Crippen LogP contribution in [0.15, 0.2) is 16.6 Å². The Morgan fingerprint density at radius 2 is 2.11 bits per heavy atom. The number of methoxy groups -OCH3 is 1. The summed E-state index contributed by atoms with van der Waals surface area (Å²) in [6.45, 7) is 1.96. The van der Waals surface area contributed by atoms with Gasteiger partial charge in [0, 0.05) is 31.2 Å². The lowest BCUT2D eigenvalue weighted by molar-refractivity contribution is 0.172. The topological polar surface area (TPSA) is 42.5 Å². The molecule has 0 bridgehead atoms. The number of hydrazine groups is 1. The summed E-state index contributed by atoms with van der Waals surface area (Å²) in [6.07, 6.45) is 0.840. The van der Waals surface area contributed by atoms with Crippen molar-refractivity contribution in [2.24, 2.45) is 0 Å². The van der Waals surface area contributed by atoms with Gasteiger partial charge >= 0.3 is 0 Å². The summed E-state index contributed by atoms with van der Waals surface area (Å²) >= 11 is 9.60. The van der Waals surface area contributed by atoms with Crippen LogP contribution < -0.4 is 15.6 Å². The Morgan fingerprint density at radius 3 is 2.78 bits per heavy atom. The summed E-state index contributed by atoms with van der Waals surface area (Å²) < 4.78 is 11.6. The van der Waals surface area contributed by atoms with E-state index >= 15 is 0 Å². The lowest BCUT2D eigenvalue weighted by Gasteiger charge is -2.12.